The third kappa shape index (κ3) is 3.35. The van der Waals surface area contributed by atoms with Crippen LogP contribution in [-0.2, 0) is 0 Å². The maximum absolute atomic E-state index is 13.2. The van der Waals surface area contributed by atoms with Gasteiger partial charge in [0.15, 0.2) is 5.13 Å². The Bertz CT molecular complexity index is 1350. The number of nitrogens with zero attached hydrogens (tertiary/aromatic N) is 2. The summed E-state index contributed by atoms with van der Waals surface area (Å²) in [6.07, 6.45) is 0. The summed E-state index contributed by atoms with van der Waals surface area (Å²) in [5, 5.41) is 4.88. The molecule has 0 bridgehead atoms. The quantitative estimate of drug-likeness (QED) is 0.370. The van der Waals surface area contributed by atoms with Gasteiger partial charge >= 0.3 is 0 Å². The summed E-state index contributed by atoms with van der Waals surface area (Å²) in [5.41, 5.74) is 3.57. The highest BCUT2D eigenvalue weighted by Gasteiger charge is 2.16. The first-order valence-electron chi connectivity index (χ1n) is 9.01. The van der Waals surface area contributed by atoms with Gasteiger partial charge in [-0.1, -0.05) is 71.5 Å². The van der Waals surface area contributed by atoms with Crippen LogP contribution in [0.5, 0.6) is 0 Å². The Hall–Kier alpha value is -3.28. The van der Waals surface area contributed by atoms with Crippen LogP contribution < -0.4 is 5.32 Å². The van der Waals surface area contributed by atoms with Gasteiger partial charge in [-0.3, -0.25) is 10.1 Å². The maximum Gasteiger partial charge on any atom is 0.258 e. The predicted molar refractivity (Wildman–Crippen MR) is 120 cm³/mol. The van der Waals surface area contributed by atoms with Gasteiger partial charge in [0.25, 0.3) is 5.91 Å². The number of carbonyl (C=O) groups is 1. The molecule has 1 N–H and O–H groups in total. The van der Waals surface area contributed by atoms with Crippen molar-refractivity contribution in [2.24, 2.45) is 0 Å². The first-order valence-corrected chi connectivity index (χ1v) is 10.2. The second kappa shape index (κ2) is 7.28. The highest BCUT2D eigenvalue weighted by molar-refractivity contribution is 7.22. The molecular weight excluding hydrogens is 402 g/mol. The van der Waals surface area contributed by atoms with E-state index in [2.05, 4.69) is 10.3 Å². The number of carbonyl (C=O) groups excluding carboxylic acids is 1. The minimum absolute atomic E-state index is 0.226. The summed E-state index contributed by atoms with van der Waals surface area (Å²) in [6, 6.07) is 24.7. The number of halogens is 1. The van der Waals surface area contributed by atoms with Gasteiger partial charge in [0.2, 0.25) is 0 Å². The molecule has 5 rings (SSSR count). The van der Waals surface area contributed by atoms with Crippen molar-refractivity contribution in [3.8, 4) is 11.3 Å². The smallest absolute Gasteiger partial charge is 0.258 e. The molecule has 4 nitrogen and oxygen atoms in total. The Labute approximate surface area is 175 Å². The van der Waals surface area contributed by atoms with Crippen LogP contribution in [0.4, 0.5) is 5.13 Å². The zero-order valence-electron chi connectivity index (χ0n) is 15.1. The Balaban J connectivity index is 1.61. The monoisotopic (exact) mass is 415 g/mol. The van der Waals surface area contributed by atoms with E-state index in [1.807, 2.05) is 72.8 Å². The van der Waals surface area contributed by atoms with Gasteiger partial charge in [0.1, 0.15) is 0 Å². The van der Waals surface area contributed by atoms with E-state index in [0.29, 0.717) is 21.4 Å². The van der Waals surface area contributed by atoms with Crippen LogP contribution in [0.25, 0.3) is 32.4 Å². The van der Waals surface area contributed by atoms with Crippen LogP contribution in [0, 0.1) is 0 Å². The molecule has 0 saturated carbocycles. The summed E-state index contributed by atoms with van der Waals surface area (Å²) in [4.78, 5) is 22.4. The maximum atomic E-state index is 13.2. The Kier molecular flexibility index (Phi) is 4.46. The van der Waals surface area contributed by atoms with Gasteiger partial charge in [-0.2, -0.15) is 0 Å². The topological polar surface area (TPSA) is 54.9 Å². The van der Waals surface area contributed by atoms with Crippen LogP contribution in [0.1, 0.15) is 10.4 Å². The highest BCUT2D eigenvalue weighted by Crippen LogP contribution is 2.31. The molecule has 0 saturated heterocycles. The van der Waals surface area contributed by atoms with Crippen LogP contribution in [0.3, 0.4) is 0 Å². The molecule has 0 atom stereocenters. The van der Waals surface area contributed by atoms with Crippen LogP contribution >= 0.6 is 22.9 Å². The summed E-state index contributed by atoms with van der Waals surface area (Å²) >= 11 is 7.82. The van der Waals surface area contributed by atoms with E-state index in [9.17, 15) is 4.79 Å². The highest BCUT2D eigenvalue weighted by atomic mass is 35.5. The van der Waals surface area contributed by atoms with E-state index in [0.717, 1.165) is 26.7 Å². The fraction of sp³-hybridized carbons (Fsp3) is 0. The van der Waals surface area contributed by atoms with Crippen molar-refractivity contribution < 1.29 is 4.79 Å². The first-order chi connectivity index (χ1) is 14.2. The second-order valence-corrected chi connectivity index (χ2v) is 7.93. The number of anilines is 1. The molecule has 0 unspecified atom stereocenters. The molecule has 140 valence electrons. The molecule has 2 aromatic heterocycles. The zero-order valence-corrected chi connectivity index (χ0v) is 16.7. The Morgan fingerprint density at radius 3 is 2.41 bits per heavy atom. The van der Waals surface area contributed by atoms with Crippen molar-refractivity contribution in [2.45, 2.75) is 0 Å². The number of thiazole rings is 1. The van der Waals surface area contributed by atoms with Gasteiger partial charge < -0.3 is 0 Å². The SMILES string of the molecule is O=C(Nc1nc2ccccc2s1)c1cc(-c2ccccc2Cl)nc2ccccc12. The molecule has 6 heteroatoms. The summed E-state index contributed by atoms with van der Waals surface area (Å²) < 4.78 is 1.03. The van der Waals surface area contributed by atoms with E-state index >= 15 is 0 Å². The van der Waals surface area contributed by atoms with Gasteiger partial charge in [0, 0.05) is 16.0 Å². The fourth-order valence-corrected chi connectivity index (χ4v) is 4.35. The van der Waals surface area contributed by atoms with E-state index < -0.39 is 0 Å². The van der Waals surface area contributed by atoms with Gasteiger partial charge in [-0.05, 0) is 30.3 Å². The Morgan fingerprint density at radius 2 is 1.59 bits per heavy atom. The van der Waals surface area contributed by atoms with Crippen LogP contribution in [0.15, 0.2) is 78.9 Å². The summed E-state index contributed by atoms with van der Waals surface area (Å²) in [5.74, 6) is -0.226. The number of amides is 1. The molecule has 0 fully saturated rings. The van der Waals surface area contributed by atoms with Gasteiger partial charge in [0.05, 0.1) is 27.0 Å². The largest absolute Gasteiger partial charge is 0.298 e. The molecule has 3 aromatic carbocycles. The molecule has 0 radical (unpaired) electrons. The number of aromatic nitrogens is 2. The van der Waals surface area contributed by atoms with Gasteiger partial charge in [-0.15, -0.1) is 0 Å². The third-order valence-corrected chi connectivity index (χ3v) is 5.91. The lowest BCUT2D eigenvalue weighted by Crippen LogP contribution is -2.13. The molecule has 0 spiro atoms. The molecule has 2 heterocycles. The number of pyridine rings is 1. The standard InChI is InChI=1S/C23H14ClN3OS/c24-17-9-3-1-8-15(17)20-13-16(14-7-2-4-10-18(14)25-20)22(28)27-23-26-19-11-5-6-12-21(19)29-23/h1-13H,(H,26,27,28). The minimum Gasteiger partial charge on any atom is -0.298 e. The lowest BCUT2D eigenvalue weighted by molar-refractivity contribution is 0.102. The van der Waals surface area contributed by atoms with Crippen molar-refractivity contribution in [3.05, 3.63) is 89.4 Å². The van der Waals surface area contributed by atoms with Crippen molar-refractivity contribution in [1.82, 2.24) is 9.97 Å². The minimum atomic E-state index is -0.226. The molecule has 0 aliphatic heterocycles. The average Bonchev–Trinajstić information content (AvgIpc) is 3.15. The summed E-state index contributed by atoms with van der Waals surface area (Å²) in [6.45, 7) is 0. The fourth-order valence-electron chi connectivity index (χ4n) is 3.26. The predicted octanol–water partition coefficient (Wildman–Crippen LogP) is 6.42. The molecule has 0 aliphatic rings. The molecule has 1 amide bonds. The van der Waals surface area contributed by atoms with Crippen molar-refractivity contribution in [1.29, 1.82) is 0 Å². The number of fused-ring (bicyclic) bond motifs is 2. The molecule has 5 aromatic rings. The van der Waals surface area contributed by atoms with Crippen molar-refractivity contribution >= 4 is 55.1 Å². The van der Waals surface area contributed by atoms with Crippen LogP contribution in [-0.4, -0.2) is 15.9 Å². The van der Waals surface area contributed by atoms with Crippen LogP contribution in [0.2, 0.25) is 5.02 Å². The first kappa shape index (κ1) is 17.8. The average molecular weight is 416 g/mol. The lowest BCUT2D eigenvalue weighted by atomic mass is 10.0. The number of nitrogens with one attached hydrogen (secondary N) is 1. The third-order valence-electron chi connectivity index (χ3n) is 4.62. The second-order valence-electron chi connectivity index (χ2n) is 6.49. The normalized spacial score (nSPS) is 11.1. The number of hydrogen-bond donors (Lipinski definition) is 1. The molecule has 29 heavy (non-hydrogen) atoms. The van der Waals surface area contributed by atoms with E-state index in [1.54, 1.807) is 6.07 Å². The number of rotatable bonds is 3. The van der Waals surface area contributed by atoms with E-state index in [-0.39, 0.29) is 5.91 Å². The number of benzene rings is 3. The number of para-hydroxylation sites is 2. The Morgan fingerprint density at radius 1 is 0.862 bits per heavy atom. The van der Waals surface area contributed by atoms with E-state index in [4.69, 9.17) is 16.6 Å². The molecular formula is C23H14ClN3OS. The zero-order chi connectivity index (χ0) is 19.8. The summed E-state index contributed by atoms with van der Waals surface area (Å²) in [7, 11) is 0. The van der Waals surface area contributed by atoms with Crippen molar-refractivity contribution in [2.75, 3.05) is 5.32 Å². The number of hydrogen-bond acceptors (Lipinski definition) is 4. The lowest BCUT2D eigenvalue weighted by Gasteiger charge is -2.10. The molecule has 0 aliphatic carbocycles. The van der Waals surface area contributed by atoms with Crippen molar-refractivity contribution in [3.63, 3.8) is 0 Å². The van der Waals surface area contributed by atoms with Gasteiger partial charge in [-0.25, -0.2) is 9.97 Å². The van der Waals surface area contributed by atoms with E-state index in [1.165, 1.54) is 11.3 Å².